The van der Waals surface area contributed by atoms with Crippen LogP contribution in [0.1, 0.15) is 23.6 Å². The van der Waals surface area contributed by atoms with Crippen LogP contribution in [0.3, 0.4) is 0 Å². The van der Waals surface area contributed by atoms with E-state index in [2.05, 4.69) is 206 Å². The van der Waals surface area contributed by atoms with Crippen molar-refractivity contribution >= 4 is 60.3 Å². The number of hydrogen-bond donors (Lipinski definition) is 0. The van der Waals surface area contributed by atoms with Crippen molar-refractivity contribution in [1.82, 2.24) is 4.57 Å². The third-order valence-corrected chi connectivity index (χ3v) is 11.3. The number of fused-ring (bicyclic) bond motifs is 5. The number of nitrogens with zero attached hydrogens (tertiary/aromatic N) is 2. The lowest BCUT2D eigenvalue weighted by molar-refractivity contribution is 1.19. The highest BCUT2D eigenvalue weighted by molar-refractivity contribution is 6.15. The van der Waals surface area contributed by atoms with E-state index in [1.165, 1.54) is 76.9 Å². The Hall–Kier alpha value is -7.55. The molecule has 274 valence electrons. The molecule has 0 aliphatic heterocycles. The number of rotatable bonds is 8. The van der Waals surface area contributed by atoms with Crippen LogP contribution in [0.5, 0.6) is 0 Å². The minimum Gasteiger partial charge on any atom is -0.309 e. The monoisotopic (exact) mass is 740 g/mol. The van der Waals surface area contributed by atoms with Crippen molar-refractivity contribution in [2.45, 2.75) is 6.92 Å². The highest BCUT2D eigenvalue weighted by atomic mass is 15.0. The van der Waals surface area contributed by atoms with Gasteiger partial charge in [0.1, 0.15) is 0 Å². The van der Waals surface area contributed by atoms with Gasteiger partial charge < -0.3 is 4.57 Å². The summed E-state index contributed by atoms with van der Waals surface area (Å²) in [5, 5.41) is 7.35. The van der Waals surface area contributed by atoms with Crippen LogP contribution >= 0.6 is 0 Å². The molecule has 0 unspecified atom stereocenters. The molecule has 0 saturated heterocycles. The fourth-order valence-electron chi connectivity index (χ4n) is 8.20. The van der Waals surface area contributed by atoms with E-state index in [0.717, 1.165) is 28.1 Å². The average molecular weight is 741 g/mol. The summed E-state index contributed by atoms with van der Waals surface area (Å²) in [7, 11) is 0. The molecule has 0 fully saturated rings. The van der Waals surface area contributed by atoms with Gasteiger partial charge in [0.15, 0.2) is 0 Å². The van der Waals surface area contributed by atoms with Gasteiger partial charge in [-0.2, -0.15) is 0 Å². The van der Waals surface area contributed by atoms with Gasteiger partial charge in [-0.3, -0.25) is 0 Å². The number of aromatic nitrogens is 1. The van der Waals surface area contributed by atoms with Gasteiger partial charge in [0.25, 0.3) is 0 Å². The Labute approximate surface area is 339 Å². The molecule has 0 saturated carbocycles. The second-order valence-corrected chi connectivity index (χ2v) is 15.0. The molecule has 2 heteroatoms. The second-order valence-electron chi connectivity index (χ2n) is 15.0. The predicted octanol–water partition coefficient (Wildman–Crippen LogP) is 15.0. The molecule has 0 aliphatic rings. The molecular weight excluding hydrogens is 701 g/mol. The standard InChI is InChI=1S/C56H40N2/c1-38(40-13-5-3-6-14-40)33-54(57-39(2)41-15-7-4-8-16-41)50-30-29-46-34-44(25-27-47(46)36-50)42-21-23-43(24-22-42)45-26-28-49-37-51(32-31-48(49)35-45)58-55-19-11-9-17-52(55)53-18-10-12-20-56(53)58/h3-37H,2H2,1H3/b38-33+,57-54+. The lowest BCUT2D eigenvalue weighted by atomic mass is 9.96. The van der Waals surface area contributed by atoms with Gasteiger partial charge in [-0.05, 0) is 116 Å². The van der Waals surface area contributed by atoms with Gasteiger partial charge in [0.05, 0.1) is 22.4 Å². The molecule has 58 heavy (non-hydrogen) atoms. The topological polar surface area (TPSA) is 17.3 Å². The van der Waals surface area contributed by atoms with Crippen molar-refractivity contribution in [3.05, 3.63) is 236 Å². The minimum atomic E-state index is 0.736. The first-order valence-electron chi connectivity index (χ1n) is 19.8. The molecule has 1 aromatic heterocycles. The molecule has 0 amide bonds. The number of hydrogen-bond acceptors (Lipinski definition) is 1. The number of benzene rings is 9. The smallest absolute Gasteiger partial charge is 0.0712 e. The molecule has 10 rings (SSSR count). The first-order chi connectivity index (χ1) is 28.6. The maximum atomic E-state index is 5.08. The van der Waals surface area contributed by atoms with Gasteiger partial charge >= 0.3 is 0 Å². The van der Waals surface area contributed by atoms with Crippen LogP contribution in [0.25, 0.3) is 82.6 Å². The number of aliphatic imine (C=N–C) groups is 1. The van der Waals surface area contributed by atoms with Gasteiger partial charge in [0.2, 0.25) is 0 Å². The lowest BCUT2D eigenvalue weighted by Gasteiger charge is -2.11. The highest BCUT2D eigenvalue weighted by Crippen LogP contribution is 2.34. The Morgan fingerprint density at radius 2 is 0.897 bits per heavy atom. The van der Waals surface area contributed by atoms with E-state index in [9.17, 15) is 0 Å². The van der Waals surface area contributed by atoms with Gasteiger partial charge in [0, 0.05) is 22.0 Å². The van der Waals surface area contributed by atoms with E-state index >= 15 is 0 Å². The Kier molecular flexibility index (Phi) is 8.93. The fraction of sp³-hybridized carbons (Fsp3) is 0.0179. The summed E-state index contributed by atoms with van der Waals surface area (Å²) >= 11 is 0. The normalized spacial score (nSPS) is 12.2. The molecule has 1 heterocycles. The minimum absolute atomic E-state index is 0.736. The molecule has 0 spiro atoms. The molecule has 0 bridgehead atoms. The summed E-state index contributed by atoms with van der Waals surface area (Å²) in [4.78, 5) is 5.08. The maximum absolute atomic E-state index is 5.08. The lowest BCUT2D eigenvalue weighted by Crippen LogP contribution is -1.99. The average Bonchev–Trinajstić information content (AvgIpc) is 3.63. The van der Waals surface area contributed by atoms with Crippen molar-refractivity contribution in [1.29, 1.82) is 0 Å². The number of para-hydroxylation sites is 2. The van der Waals surface area contributed by atoms with Gasteiger partial charge in [-0.1, -0.05) is 170 Å². The Balaban J connectivity index is 0.925. The second kappa shape index (κ2) is 14.8. The largest absolute Gasteiger partial charge is 0.309 e. The first kappa shape index (κ1) is 34.9. The third kappa shape index (κ3) is 6.61. The van der Waals surface area contributed by atoms with E-state index in [-0.39, 0.29) is 0 Å². The molecule has 10 aromatic rings. The molecule has 2 nitrogen and oxygen atoms in total. The quantitative estimate of drug-likeness (QED) is 0.138. The third-order valence-electron chi connectivity index (χ3n) is 11.3. The molecule has 0 aliphatic carbocycles. The van der Waals surface area contributed by atoms with Crippen molar-refractivity contribution in [2.24, 2.45) is 4.99 Å². The molecule has 0 atom stereocenters. The fourth-order valence-corrected chi connectivity index (χ4v) is 8.20. The zero-order valence-electron chi connectivity index (χ0n) is 32.3. The number of allylic oxidation sites excluding steroid dienone is 2. The highest BCUT2D eigenvalue weighted by Gasteiger charge is 2.13. The van der Waals surface area contributed by atoms with Crippen molar-refractivity contribution in [2.75, 3.05) is 0 Å². The van der Waals surface area contributed by atoms with Crippen LogP contribution in [0.2, 0.25) is 0 Å². The van der Waals surface area contributed by atoms with Gasteiger partial charge in [-0.15, -0.1) is 0 Å². The summed E-state index contributed by atoms with van der Waals surface area (Å²) in [6.07, 6.45) is 2.17. The summed E-state index contributed by atoms with van der Waals surface area (Å²) in [5.74, 6) is 0. The SMILES string of the molecule is C=C(/N=C(\C=C(/C)c1ccccc1)c1ccc2cc(-c3ccc(-c4ccc5cc(-n6c7ccccc7c7ccccc76)ccc5c4)cc3)ccc2c1)c1ccccc1. The first-order valence-corrected chi connectivity index (χ1v) is 19.8. The van der Waals surface area contributed by atoms with Crippen LogP contribution in [-0.2, 0) is 0 Å². The molecule has 0 radical (unpaired) electrons. The maximum Gasteiger partial charge on any atom is 0.0712 e. The van der Waals surface area contributed by atoms with E-state index in [1.807, 2.05) is 24.3 Å². The molecule has 0 N–H and O–H groups in total. The van der Waals surface area contributed by atoms with E-state index < -0.39 is 0 Å². The van der Waals surface area contributed by atoms with Crippen molar-refractivity contribution in [3.63, 3.8) is 0 Å². The van der Waals surface area contributed by atoms with Gasteiger partial charge in [-0.25, -0.2) is 4.99 Å². The summed E-state index contributed by atoms with van der Waals surface area (Å²) in [6.45, 7) is 6.46. The Bertz CT molecular complexity index is 3170. The van der Waals surface area contributed by atoms with Crippen LogP contribution in [0.15, 0.2) is 224 Å². The van der Waals surface area contributed by atoms with Crippen LogP contribution < -0.4 is 0 Å². The van der Waals surface area contributed by atoms with E-state index in [1.54, 1.807) is 0 Å². The van der Waals surface area contributed by atoms with E-state index in [0.29, 0.717) is 0 Å². The zero-order chi connectivity index (χ0) is 39.0. The molecular formula is C56H40N2. The Morgan fingerprint density at radius 3 is 1.50 bits per heavy atom. The van der Waals surface area contributed by atoms with Crippen molar-refractivity contribution in [3.8, 4) is 27.9 Å². The van der Waals surface area contributed by atoms with Crippen LogP contribution in [-0.4, -0.2) is 10.3 Å². The van der Waals surface area contributed by atoms with Crippen molar-refractivity contribution < 1.29 is 0 Å². The summed E-state index contributed by atoms with van der Waals surface area (Å²) in [6, 6.07) is 73.8. The summed E-state index contributed by atoms with van der Waals surface area (Å²) in [5.41, 5.74) is 14.4. The molecule has 9 aromatic carbocycles. The Morgan fingerprint density at radius 1 is 0.431 bits per heavy atom. The zero-order valence-corrected chi connectivity index (χ0v) is 32.3. The predicted molar refractivity (Wildman–Crippen MR) is 249 cm³/mol. The van der Waals surface area contributed by atoms with E-state index in [4.69, 9.17) is 4.99 Å². The van der Waals surface area contributed by atoms with Crippen LogP contribution in [0.4, 0.5) is 0 Å². The summed E-state index contributed by atoms with van der Waals surface area (Å²) < 4.78 is 2.38. The van der Waals surface area contributed by atoms with Crippen LogP contribution in [0, 0.1) is 0 Å².